The van der Waals surface area contributed by atoms with Crippen molar-refractivity contribution in [3.05, 3.63) is 63.1 Å². The molecule has 0 aliphatic heterocycles. The summed E-state index contributed by atoms with van der Waals surface area (Å²) in [7, 11) is 1.55. The van der Waals surface area contributed by atoms with E-state index in [4.69, 9.17) is 27.9 Å². The molecule has 0 saturated heterocycles. The third-order valence-electron chi connectivity index (χ3n) is 4.27. The van der Waals surface area contributed by atoms with Gasteiger partial charge in [0.1, 0.15) is 10.8 Å². The average Bonchev–Trinajstić information content (AvgIpc) is 2.75. The summed E-state index contributed by atoms with van der Waals surface area (Å²) in [5.41, 5.74) is 2.10. The Morgan fingerprint density at radius 2 is 1.86 bits per heavy atom. The number of rotatable bonds is 3. The van der Waals surface area contributed by atoms with Crippen molar-refractivity contribution in [1.82, 2.24) is 0 Å². The molecule has 4 heteroatoms. The quantitative estimate of drug-likeness (QED) is 0.790. The van der Waals surface area contributed by atoms with Gasteiger partial charge in [0.25, 0.3) is 0 Å². The fourth-order valence-corrected chi connectivity index (χ4v) is 3.70. The van der Waals surface area contributed by atoms with Crippen LogP contribution in [0.1, 0.15) is 28.4 Å². The van der Waals surface area contributed by atoms with Crippen LogP contribution in [-0.2, 0) is 12.8 Å². The van der Waals surface area contributed by atoms with Crippen LogP contribution in [0.4, 0.5) is 0 Å². The normalized spacial score (nSPS) is 20.1. The van der Waals surface area contributed by atoms with Gasteiger partial charge in [0.2, 0.25) is 0 Å². The number of carbonyl (C=O) groups excluding carboxylic acids is 1. The zero-order chi connectivity index (χ0) is 15.9. The zero-order valence-corrected chi connectivity index (χ0v) is 14.0. The molecule has 2 aromatic carbocycles. The van der Waals surface area contributed by atoms with E-state index in [2.05, 4.69) is 0 Å². The Bertz CT molecular complexity index is 740. The summed E-state index contributed by atoms with van der Waals surface area (Å²) in [6, 6.07) is 11.8. The van der Waals surface area contributed by atoms with E-state index < -0.39 is 5.41 Å². The molecule has 0 heterocycles. The maximum absolute atomic E-state index is 12.9. The summed E-state index contributed by atoms with van der Waals surface area (Å²) in [6.45, 7) is 1.99. The highest BCUT2D eigenvalue weighted by Gasteiger charge is 2.43. The first-order chi connectivity index (χ1) is 10.5. The highest BCUT2D eigenvalue weighted by atomic mass is 35.5. The minimum Gasteiger partial charge on any atom is -0.495 e. The molecule has 0 fully saturated rings. The molecule has 2 aromatic rings. The van der Waals surface area contributed by atoms with Gasteiger partial charge >= 0.3 is 0 Å². The van der Waals surface area contributed by atoms with E-state index >= 15 is 0 Å². The van der Waals surface area contributed by atoms with Crippen LogP contribution < -0.4 is 4.74 Å². The van der Waals surface area contributed by atoms with Crippen molar-refractivity contribution in [3.63, 3.8) is 0 Å². The van der Waals surface area contributed by atoms with Crippen LogP contribution in [0, 0.1) is 5.41 Å². The average molecular weight is 335 g/mol. The molecule has 0 spiro atoms. The second kappa shape index (κ2) is 5.60. The van der Waals surface area contributed by atoms with E-state index in [0.29, 0.717) is 34.2 Å². The molecule has 1 atom stereocenters. The molecule has 0 radical (unpaired) electrons. The summed E-state index contributed by atoms with van der Waals surface area (Å²) in [5.74, 6) is 0.572. The number of hydrogen-bond donors (Lipinski definition) is 0. The molecular weight excluding hydrogens is 319 g/mol. The SMILES string of the molecule is COc1cc2c(c(Cl)c1Cl)C(=O)[C@](C)(Cc1ccccc1)C2. The standard InChI is InChI=1S/C18H16Cl2O2/c1-18(9-11-6-4-3-5-7-11)10-12-8-13(22-2)15(19)16(20)14(12)17(18)21/h3-8H,9-10H2,1-2H3/t18-/m1/s1. The highest BCUT2D eigenvalue weighted by molar-refractivity contribution is 6.45. The van der Waals surface area contributed by atoms with E-state index in [9.17, 15) is 4.79 Å². The summed E-state index contributed by atoms with van der Waals surface area (Å²) in [5, 5.41) is 0.609. The van der Waals surface area contributed by atoms with Crippen LogP contribution in [0.25, 0.3) is 0 Å². The number of hydrogen-bond acceptors (Lipinski definition) is 2. The number of benzene rings is 2. The van der Waals surface area contributed by atoms with Crippen molar-refractivity contribution in [1.29, 1.82) is 0 Å². The number of ether oxygens (including phenoxy) is 1. The number of fused-ring (bicyclic) bond motifs is 1. The van der Waals surface area contributed by atoms with Crippen molar-refractivity contribution in [2.24, 2.45) is 5.41 Å². The molecule has 2 nitrogen and oxygen atoms in total. The van der Waals surface area contributed by atoms with Gasteiger partial charge in [-0.25, -0.2) is 0 Å². The van der Waals surface area contributed by atoms with Crippen LogP contribution >= 0.6 is 23.2 Å². The third-order valence-corrected chi connectivity index (χ3v) is 5.12. The van der Waals surface area contributed by atoms with Crippen molar-refractivity contribution >= 4 is 29.0 Å². The molecule has 1 aliphatic rings. The molecule has 3 rings (SSSR count). The van der Waals surface area contributed by atoms with Gasteiger partial charge in [0, 0.05) is 11.0 Å². The van der Waals surface area contributed by atoms with Crippen LogP contribution in [0.15, 0.2) is 36.4 Å². The molecule has 0 aromatic heterocycles. The van der Waals surface area contributed by atoms with E-state index in [1.54, 1.807) is 7.11 Å². The highest BCUT2D eigenvalue weighted by Crippen LogP contribution is 2.47. The van der Waals surface area contributed by atoms with E-state index in [0.717, 1.165) is 11.1 Å². The Kier molecular flexibility index (Phi) is 3.92. The third kappa shape index (κ3) is 2.41. The topological polar surface area (TPSA) is 26.3 Å². The van der Waals surface area contributed by atoms with Crippen LogP contribution in [-0.4, -0.2) is 12.9 Å². The summed E-state index contributed by atoms with van der Waals surface area (Å²) in [6.07, 6.45) is 1.32. The smallest absolute Gasteiger partial charge is 0.171 e. The lowest BCUT2D eigenvalue weighted by atomic mass is 9.80. The fraction of sp³-hybridized carbons (Fsp3) is 0.278. The Balaban J connectivity index is 2.02. The molecule has 0 N–H and O–H groups in total. The first-order valence-electron chi connectivity index (χ1n) is 7.10. The van der Waals surface area contributed by atoms with Gasteiger partial charge in [0.15, 0.2) is 5.78 Å². The zero-order valence-electron chi connectivity index (χ0n) is 12.5. The number of halogens is 2. The number of Topliss-reactive ketones (excluding diaryl/α,β-unsaturated/α-hetero) is 1. The first-order valence-corrected chi connectivity index (χ1v) is 7.85. The second-order valence-electron chi connectivity index (χ2n) is 5.97. The van der Waals surface area contributed by atoms with Crippen LogP contribution in [0.5, 0.6) is 5.75 Å². The van der Waals surface area contributed by atoms with Gasteiger partial charge in [-0.15, -0.1) is 0 Å². The Labute approximate surface area is 140 Å². The monoisotopic (exact) mass is 334 g/mol. The summed E-state index contributed by atoms with van der Waals surface area (Å²) >= 11 is 12.5. The molecule has 0 bridgehead atoms. The predicted molar refractivity (Wildman–Crippen MR) is 89.3 cm³/mol. The number of carbonyl (C=O) groups is 1. The fourth-order valence-electron chi connectivity index (χ4n) is 3.18. The molecule has 114 valence electrons. The number of ketones is 1. The van der Waals surface area contributed by atoms with Gasteiger partial charge < -0.3 is 4.74 Å². The molecular formula is C18H16Cl2O2. The molecule has 0 amide bonds. The largest absolute Gasteiger partial charge is 0.495 e. The van der Waals surface area contributed by atoms with Gasteiger partial charge in [-0.3, -0.25) is 4.79 Å². The van der Waals surface area contributed by atoms with Crippen molar-refractivity contribution in [2.45, 2.75) is 19.8 Å². The van der Waals surface area contributed by atoms with Crippen molar-refractivity contribution < 1.29 is 9.53 Å². The number of methoxy groups -OCH3 is 1. The lowest BCUT2D eigenvalue weighted by Gasteiger charge is -2.21. The van der Waals surface area contributed by atoms with Gasteiger partial charge in [0.05, 0.1) is 12.1 Å². The van der Waals surface area contributed by atoms with Crippen molar-refractivity contribution in [2.75, 3.05) is 7.11 Å². The molecule has 0 saturated carbocycles. The van der Waals surface area contributed by atoms with E-state index in [1.807, 2.05) is 43.3 Å². The lowest BCUT2D eigenvalue weighted by molar-refractivity contribution is 0.0842. The maximum atomic E-state index is 12.9. The van der Waals surface area contributed by atoms with Gasteiger partial charge in [-0.2, -0.15) is 0 Å². The Hall–Kier alpha value is -1.51. The van der Waals surface area contributed by atoms with Crippen LogP contribution in [0.2, 0.25) is 10.0 Å². The minimum atomic E-state index is -0.497. The molecule has 1 aliphatic carbocycles. The van der Waals surface area contributed by atoms with Crippen LogP contribution in [0.3, 0.4) is 0 Å². The summed E-state index contributed by atoms with van der Waals surface area (Å²) in [4.78, 5) is 12.9. The predicted octanol–water partition coefficient (Wildman–Crippen LogP) is 4.99. The Morgan fingerprint density at radius 1 is 1.18 bits per heavy atom. The minimum absolute atomic E-state index is 0.0564. The maximum Gasteiger partial charge on any atom is 0.171 e. The second-order valence-corrected chi connectivity index (χ2v) is 6.73. The van der Waals surface area contributed by atoms with E-state index in [1.165, 1.54) is 0 Å². The molecule has 22 heavy (non-hydrogen) atoms. The van der Waals surface area contributed by atoms with Gasteiger partial charge in [-0.1, -0.05) is 60.5 Å². The first kappa shape index (κ1) is 15.4. The van der Waals surface area contributed by atoms with Crippen molar-refractivity contribution in [3.8, 4) is 5.75 Å². The van der Waals surface area contributed by atoms with E-state index in [-0.39, 0.29) is 5.78 Å². The summed E-state index contributed by atoms with van der Waals surface area (Å²) < 4.78 is 5.25. The van der Waals surface area contributed by atoms with Gasteiger partial charge in [-0.05, 0) is 30.0 Å². The molecule has 0 unspecified atom stereocenters. The lowest BCUT2D eigenvalue weighted by Crippen LogP contribution is -2.26. The Morgan fingerprint density at radius 3 is 2.50 bits per heavy atom.